The van der Waals surface area contributed by atoms with Crippen LogP contribution >= 0.6 is 0 Å². The van der Waals surface area contributed by atoms with Crippen molar-refractivity contribution in [3.63, 3.8) is 0 Å². The van der Waals surface area contributed by atoms with Gasteiger partial charge in [-0.1, -0.05) is 6.92 Å². The highest BCUT2D eigenvalue weighted by Gasteiger charge is 2.05. The quantitative estimate of drug-likeness (QED) is 0.543. The van der Waals surface area contributed by atoms with Gasteiger partial charge in [0.2, 0.25) is 5.91 Å². The molecule has 0 saturated heterocycles. The third-order valence-electron chi connectivity index (χ3n) is 2.29. The Balaban J connectivity index is 2.72. The lowest BCUT2D eigenvalue weighted by Crippen LogP contribution is -2.16. The molecule has 0 aliphatic carbocycles. The Morgan fingerprint density at radius 3 is 2.75 bits per heavy atom. The van der Waals surface area contributed by atoms with Gasteiger partial charge in [-0.2, -0.15) is 0 Å². The number of nitrogen functional groups attached to an aromatic ring is 1. The number of amides is 1. The molecule has 5 heteroatoms. The van der Waals surface area contributed by atoms with Gasteiger partial charge in [-0.15, -0.1) is 0 Å². The zero-order chi connectivity index (χ0) is 12.1. The van der Waals surface area contributed by atoms with E-state index >= 15 is 0 Å². The number of hydrogen-bond acceptors (Lipinski definition) is 4. The zero-order valence-electron chi connectivity index (χ0n) is 9.23. The number of aliphatic hydroxyl groups is 1. The van der Waals surface area contributed by atoms with Crippen molar-refractivity contribution in [2.75, 3.05) is 24.2 Å². The summed E-state index contributed by atoms with van der Waals surface area (Å²) in [6.07, 6.45) is 0. The predicted octanol–water partition coefficient (Wildman–Crippen LogP) is 0.408. The lowest BCUT2D eigenvalue weighted by Gasteiger charge is -2.13. The number of hydrogen-bond donors (Lipinski definition) is 4. The standard InChI is InChI=1S/C11H17N3O2/c1-7(6-15)5-14-10-3-2-8(11(13)16)4-9(10)12/h2-4,7,14-15H,5-6,12H2,1H3,(H2,13,16). The number of carbonyl (C=O) groups is 1. The largest absolute Gasteiger partial charge is 0.397 e. The van der Waals surface area contributed by atoms with Gasteiger partial charge >= 0.3 is 0 Å². The third-order valence-corrected chi connectivity index (χ3v) is 2.29. The molecule has 5 nitrogen and oxygen atoms in total. The molecule has 0 aliphatic heterocycles. The van der Waals surface area contributed by atoms with Crippen LogP contribution in [0.25, 0.3) is 0 Å². The van der Waals surface area contributed by atoms with E-state index in [-0.39, 0.29) is 12.5 Å². The molecule has 0 aliphatic rings. The number of aliphatic hydroxyl groups excluding tert-OH is 1. The van der Waals surface area contributed by atoms with Gasteiger partial charge in [0.05, 0.1) is 11.4 Å². The number of primary amides is 1. The second-order valence-electron chi connectivity index (χ2n) is 3.83. The molecule has 0 spiro atoms. The van der Waals surface area contributed by atoms with E-state index in [1.807, 2.05) is 6.92 Å². The normalized spacial score (nSPS) is 12.1. The van der Waals surface area contributed by atoms with E-state index in [1.165, 1.54) is 6.07 Å². The molecule has 0 fully saturated rings. The molecule has 0 bridgehead atoms. The van der Waals surface area contributed by atoms with Crippen LogP contribution in [0.3, 0.4) is 0 Å². The molecular weight excluding hydrogens is 206 g/mol. The van der Waals surface area contributed by atoms with Crippen LogP contribution in [0.2, 0.25) is 0 Å². The minimum atomic E-state index is -0.498. The van der Waals surface area contributed by atoms with Gasteiger partial charge in [0, 0.05) is 18.7 Å². The maximum absolute atomic E-state index is 10.9. The smallest absolute Gasteiger partial charge is 0.248 e. The van der Waals surface area contributed by atoms with Crippen LogP contribution in [0, 0.1) is 5.92 Å². The molecule has 1 rings (SSSR count). The highest BCUT2D eigenvalue weighted by atomic mass is 16.3. The molecular formula is C11H17N3O2. The molecule has 88 valence electrons. The van der Waals surface area contributed by atoms with E-state index in [0.29, 0.717) is 17.8 Å². The number of anilines is 2. The van der Waals surface area contributed by atoms with Crippen molar-refractivity contribution in [2.45, 2.75) is 6.92 Å². The summed E-state index contributed by atoms with van der Waals surface area (Å²) >= 11 is 0. The van der Waals surface area contributed by atoms with Crippen LogP contribution in [0.15, 0.2) is 18.2 Å². The maximum atomic E-state index is 10.9. The van der Waals surface area contributed by atoms with Gasteiger partial charge < -0.3 is 21.9 Å². The van der Waals surface area contributed by atoms with Crippen LogP contribution in [-0.4, -0.2) is 24.2 Å². The van der Waals surface area contributed by atoms with Crippen molar-refractivity contribution in [1.82, 2.24) is 0 Å². The van der Waals surface area contributed by atoms with E-state index in [0.717, 1.165) is 5.69 Å². The lowest BCUT2D eigenvalue weighted by atomic mass is 10.1. The molecule has 6 N–H and O–H groups in total. The first-order valence-electron chi connectivity index (χ1n) is 5.08. The van der Waals surface area contributed by atoms with Crippen LogP contribution in [0.1, 0.15) is 17.3 Å². The Labute approximate surface area is 94.4 Å². The van der Waals surface area contributed by atoms with Crippen LogP contribution < -0.4 is 16.8 Å². The number of nitrogens with one attached hydrogen (secondary N) is 1. The molecule has 0 aromatic heterocycles. The highest BCUT2D eigenvalue weighted by molar-refractivity contribution is 5.94. The summed E-state index contributed by atoms with van der Waals surface area (Å²) < 4.78 is 0. The van der Waals surface area contributed by atoms with E-state index < -0.39 is 5.91 Å². The first-order valence-corrected chi connectivity index (χ1v) is 5.08. The molecule has 1 amide bonds. The predicted molar refractivity (Wildman–Crippen MR) is 64.1 cm³/mol. The average Bonchev–Trinajstić information content (AvgIpc) is 2.26. The Morgan fingerprint density at radius 1 is 1.56 bits per heavy atom. The summed E-state index contributed by atoms with van der Waals surface area (Å²) in [5.74, 6) is -0.350. The van der Waals surface area contributed by atoms with Crippen LogP contribution in [0.4, 0.5) is 11.4 Å². The van der Waals surface area contributed by atoms with E-state index in [9.17, 15) is 4.79 Å². The van der Waals surface area contributed by atoms with Crippen molar-refractivity contribution in [3.8, 4) is 0 Å². The lowest BCUT2D eigenvalue weighted by molar-refractivity contribution is 0.100. The molecule has 1 aromatic rings. The average molecular weight is 223 g/mol. The summed E-state index contributed by atoms with van der Waals surface area (Å²) in [5, 5.41) is 12.0. The zero-order valence-corrected chi connectivity index (χ0v) is 9.23. The van der Waals surface area contributed by atoms with Gasteiger partial charge in [-0.25, -0.2) is 0 Å². The second kappa shape index (κ2) is 5.37. The molecule has 0 heterocycles. The summed E-state index contributed by atoms with van der Waals surface area (Å²) in [6, 6.07) is 4.86. The molecule has 0 saturated carbocycles. The van der Waals surface area contributed by atoms with Gasteiger partial charge in [0.25, 0.3) is 0 Å². The number of rotatable bonds is 5. The minimum absolute atomic E-state index is 0.117. The van der Waals surface area contributed by atoms with Crippen molar-refractivity contribution >= 4 is 17.3 Å². The van der Waals surface area contributed by atoms with Gasteiger partial charge in [-0.05, 0) is 24.1 Å². The van der Waals surface area contributed by atoms with Crippen molar-refractivity contribution in [2.24, 2.45) is 11.7 Å². The molecule has 0 radical (unpaired) electrons. The van der Waals surface area contributed by atoms with Crippen molar-refractivity contribution in [1.29, 1.82) is 0 Å². The first kappa shape index (κ1) is 12.3. The summed E-state index contributed by atoms with van der Waals surface area (Å²) in [5.41, 5.74) is 12.5. The first-order chi connectivity index (χ1) is 7.54. The summed E-state index contributed by atoms with van der Waals surface area (Å²) in [7, 11) is 0. The number of nitrogens with two attached hydrogens (primary N) is 2. The number of benzene rings is 1. The minimum Gasteiger partial charge on any atom is -0.397 e. The topological polar surface area (TPSA) is 101 Å². The Bertz CT molecular complexity index is 379. The fourth-order valence-corrected chi connectivity index (χ4v) is 1.23. The van der Waals surface area contributed by atoms with E-state index in [4.69, 9.17) is 16.6 Å². The fourth-order valence-electron chi connectivity index (χ4n) is 1.23. The van der Waals surface area contributed by atoms with Gasteiger partial charge in [0.15, 0.2) is 0 Å². The number of carbonyl (C=O) groups excluding carboxylic acids is 1. The molecule has 1 unspecified atom stereocenters. The Morgan fingerprint density at radius 2 is 2.25 bits per heavy atom. The Hall–Kier alpha value is -1.75. The molecule has 1 atom stereocenters. The monoisotopic (exact) mass is 223 g/mol. The van der Waals surface area contributed by atoms with Crippen LogP contribution in [-0.2, 0) is 0 Å². The molecule has 1 aromatic carbocycles. The SMILES string of the molecule is CC(CO)CNc1ccc(C(N)=O)cc1N. The fraction of sp³-hybridized carbons (Fsp3) is 0.364. The van der Waals surface area contributed by atoms with Gasteiger partial charge in [0.1, 0.15) is 0 Å². The summed E-state index contributed by atoms with van der Waals surface area (Å²) in [4.78, 5) is 10.9. The molecule has 16 heavy (non-hydrogen) atoms. The van der Waals surface area contributed by atoms with E-state index in [2.05, 4.69) is 5.32 Å². The second-order valence-corrected chi connectivity index (χ2v) is 3.83. The van der Waals surface area contributed by atoms with Gasteiger partial charge in [-0.3, -0.25) is 4.79 Å². The summed E-state index contributed by atoms with van der Waals surface area (Å²) in [6.45, 7) is 2.66. The van der Waals surface area contributed by atoms with Crippen molar-refractivity contribution < 1.29 is 9.90 Å². The maximum Gasteiger partial charge on any atom is 0.248 e. The third kappa shape index (κ3) is 3.13. The van der Waals surface area contributed by atoms with Crippen molar-refractivity contribution in [3.05, 3.63) is 23.8 Å². The highest BCUT2D eigenvalue weighted by Crippen LogP contribution is 2.19. The van der Waals surface area contributed by atoms with Crippen LogP contribution in [0.5, 0.6) is 0 Å². The van der Waals surface area contributed by atoms with E-state index in [1.54, 1.807) is 12.1 Å². The Kier molecular flexibility index (Phi) is 4.13.